The lowest BCUT2D eigenvalue weighted by Gasteiger charge is -2.23. The van der Waals surface area contributed by atoms with Gasteiger partial charge in [-0.05, 0) is 13.8 Å². The lowest BCUT2D eigenvalue weighted by atomic mass is 10.3. The molecule has 11 heavy (non-hydrogen) atoms. The number of carboxylic acid groups (broad SMARTS) is 1. The molecular formula is C7H13NO2S. The number of hydrogen-bond donors (Lipinski definition) is 1. The Morgan fingerprint density at radius 3 is 2.73 bits per heavy atom. The van der Waals surface area contributed by atoms with Gasteiger partial charge in [0, 0.05) is 18.3 Å². The van der Waals surface area contributed by atoms with E-state index in [4.69, 9.17) is 5.11 Å². The summed E-state index contributed by atoms with van der Waals surface area (Å²) in [6, 6.07) is 0.339. The molecule has 1 heterocycles. The van der Waals surface area contributed by atoms with E-state index in [9.17, 15) is 4.79 Å². The molecule has 0 bridgehead atoms. The molecule has 4 heteroatoms. The van der Waals surface area contributed by atoms with Gasteiger partial charge < -0.3 is 5.11 Å². The summed E-state index contributed by atoms with van der Waals surface area (Å²) < 4.78 is 0. The van der Waals surface area contributed by atoms with Gasteiger partial charge in [-0.1, -0.05) is 0 Å². The molecule has 1 saturated heterocycles. The third kappa shape index (κ3) is 1.87. The Hall–Kier alpha value is -0.220. The maximum Gasteiger partial charge on any atom is 0.331 e. The fourth-order valence-corrected chi connectivity index (χ4v) is 2.45. The largest absolute Gasteiger partial charge is 0.479 e. The Morgan fingerprint density at radius 1 is 1.73 bits per heavy atom. The van der Waals surface area contributed by atoms with Crippen molar-refractivity contribution in [3.8, 4) is 0 Å². The summed E-state index contributed by atoms with van der Waals surface area (Å²) in [6.07, 6.45) is 0. The Kier molecular flexibility index (Phi) is 2.78. The zero-order valence-electron chi connectivity index (χ0n) is 6.78. The molecule has 1 aliphatic heterocycles. The van der Waals surface area contributed by atoms with E-state index in [1.54, 1.807) is 0 Å². The lowest BCUT2D eigenvalue weighted by Crippen LogP contribution is -2.39. The fraction of sp³-hybridized carbons (Fsp3) is 0.857. The number of thioether (sulfide) groups is 1. The van der Waals surface area contributed by atoms with Crippen molar-refractivity contribution in [3.63, 3.8) is 0 Å². The van der Waals surface area contributed by atoms with Gasteiger partial charge in [0.05, 0.1) is 0 Å². The normalized spacial score (nSPS) is 26.3. The highest BCUT2D eigenvalue weighted by Crippen LogP contribution is 2.25. The third-order valence-corrected chi connectivity index (χ3v) is 3.01. The minimum Gasteiger partial charge on any atom is -0.479 e. The second-order valence-electron chi connectivity index (χ2n) is 2.89. The van der Waals surface area contributed by atoms with Crippen LogP contribution in [0.1, 0.15) is 13.8 Å². The van der Waals surface area contributed by atoms with Crippen molar-refractivity contribution in [2.75, 3.05) is 12.3 Å². The van der Waals surface area contributed by atoms with Crippen molar-refractivity contribution >= 4 is 17.7 Å². The molecule has 0 aromatic rings. The molecule has 0 aromatic heterocycles. The van der Waals surface area contributed by atoms with Gasteiger partial charge in [0.15, 0.2) is 5.37 Å². The summed E-state index contributed by atoms with van der Waals surface area (Å²) in [5.41, 5.74) is 0. The first-order valence-electron chi connectivity index (χ1n) is 3.73. The van der Waals surface area contributed by atoms with E-state index in [1.165, 1.54) is 11.8 Å². The number of carboxylic acids is 1. The van der Waals surface area contributed by atoms with E-state index >= 15 is 0 Å². The number of aliphatic carboxylic acids is 1. The zero-order valence-corrected chi connectivity index (χ0v) is 7.60. The molecule has 1 atom stereocenters. The van der Waals surface area contributed by atoms with Crippen LogP contribution in [0.3, 0.4) is 0 Å². The van der Waals surface area contributed by atoms with Gasteiger partial charge in [-0.2, -0.15) is 0 Å². The molecule has 1 rings (SSSR count). The lowest BCUT2D eigenvalue weighted by molar-refractivity contribution is -0.139. The molecular weight excluding hydrogens is 162 g/mol. The van der Waals surface area contributed by atoms with Crippen LogP contribution in [0.15, 0.2) is 0 Å². The van der Waals surface area contributed by atoms with Crippen LogP contribution in [0.5, 0.6) is 0 Å². The highest BCUT2D eigenvalue weighted by Gasteiger charge is 2.32. The van der Waals surface area contributed by atoms with E-state index < -0.39 is 5.97 Å². The minimum absolute atomic E-state index is 0.310. The van der Waals surface area contributed by atoms with E-state index in [0.717, 1.165) is 12.3 Å². The standard InChI is InChI=1S/C7H13NO2S/c1-5(2)8-3-4-11-6(8)7(9)10/h5-6H,3-4H2,1-2H3,(H,9,10)/t6-/m0/s1. The summed E-state index contributed by atoms with van der Waals surface area (Å²) in [6.45, 7) is 4.96. The van der Waals surface area contributed by atoms with Crippen molar-refractivity contribution in [1.29, 1.82) is 0 Å². The van der Waals surface area contributed by atoms with Gasteiger partial charge in [-0.15, -0.1) is 11.8 Å². The smallest absolute Gasteiger partial charge is 0.331 e. The van der Waals surface area contributed by atoms with Gasteiger partial charge in [0.1, 0.15) is 0 Å². The second kappa shape index (κ2) is 3.45. The summed E-state index contributed by atoms with van der Waals surface area (Å²) in [5, 5.41) is 8.46. The van der Waals surface area contributed by atoms with Crippen molar-refractivity contribution in [2.45, 2.75) is 25.3 Å². The van der Waals surface area contributed by atoms with Crippen LogP contribution in [0, 0.1) is 0 Å². The highest BCUT2D eigenvalue weighted by atomic mass is 32.2. The van der Waals surface area contributed by atoms with Crippen LogP contribution in [0.25, 0.3) is 0 Å². The van der Waals surface area contributed by atoms with Gasteiger partial charge in [-0.25, -0.2) is 4.79 Å². The van der Waals surface area contributed by atoms with E-state index in [2.05, 4.69) is 0 Å². The van der Waals surface area contributed by atoms with Crippen LogP contribution in [0.2, 0.25) is 0 Å². The first-order valence-corrected chi connectivity index (χ1v) is 4.78. The fourth-order valence-electron chi connectivity index (χ4n) is 1.22. The average Bonchev–Trinajstić information content (AvgIpc) is 2.32. The quantitative estimate of drug-likeness (QED) is 0.675. The van der Waals surface area contributed by atoms with Crippen molar-refractivity contribution in [3.05, 3.63) is 0 Å². The Labute approximate surface area is 70.8 Å². The topological polar surface area (TPSA) is 40.5 Å². The highest BCUT2D eigenvalue weighted by molar-refractivity contribution is 8.00. The SMILES string of the molecule is CC(C)N1CCS[C@H]1C(=O)O. The van der Waals surface area contributed by atoms with Gasteiger partial charge in [0.25, 0.3) is 0 Å². The Bertz CT molecular complexity index is 161. The molecule has 1 N–H and O–H groups in total. The van der Waals surface area contributed by atoms with Crippen molar-refractivity contribution in [2.24, 2.45) is 0 Å². The molecule has 0 radical (unpaired) electrons. The number of nitrogens with zero attached hydrogens (tertiary/aromatic N) is 1. The molecule has 0 unspecified atom stereocenters. The molecule has 0 aliphatic carbocycles. The first-order chi connectivity index (χ1) is 5.13. The van der Waals surface area contributed by atoms with Crippen LogP contribution in [-0.4, -0.2) is 39.7 Å². The number of carbonyl (C=O) groups is 1. The van der Waals surface area contributed by atoms with E-state index in [-0.39, 0.29) is 5.37 Å². The zero-order chi connectivity index (χ0) is 8.43. The molecule has 0 spiro atoms. The molecule has 1 aliphatic rings. The minimum atomic E-state index is -0.707. The molecule has 0 amide bonds. The maximum absolute atomic E-state index is 10.7. The molecule has 0 aromatic carbocycles. The summed E-state index contributed by atoms with van der Waals surface area (Å²) in [5.74, 6) is 0.232. The van der Waals surface area contributed by atoms with Gasteiger partial charge >= 0.3 is 5.97 Å². The van der Waals surface area contributed by atoms with Crippen LogP contribution in [-0.2, 0) is 4.79 Å². The molecule has 3 nitrogen and oxygen atoms in total. The number of hydrogen-bond acceptors (Lipinski definition) is 3. The second-order valence-corrected chi connectivity index (χ2v) is 4.08. The average molecular weight is 175 g/mol. The first kappa shape index (κ1) is 8.87. The van der Waals surface area contributed by atoms with Gasteiger partial charge in [0.2, 0.25) is 0 Å². The van der Waals surface area contributed by atoms with E-state index in [0.29, 0.717) is 6.04 Å². The summed E-state index contributed by atoms with van der Waals surface area (Å²) >= 11 is 1.51. The van der Waals surface area contributed by atoms with Crippen LogP contribution in [0.4, 0.5) is 0 Å². The Morgan fingerprint density at radius 2 is 2.36 bits per heavy atom. The van der Waals surface area contributed by atoms with Crippen LogP contribution >= 0.6 is 11.8 Å². The molecule has 64 valence electrons. The van der Waals surface area contributed by atoms with Crippen molar-refractivity contribution < 1.29 is 9.90 Å². The summed E-state index contributed by atoms with van der Waals surface area (Å²) in [7, 11) is 0. The molecule has 1 fully saturated rings. The predicted octanol–water partition coefficient (Wildman–Crippen LogP) is 0.854. The monoisotopic (exact) mass is 175 g/mol. The number of rotatable bonds is 2. The Balaban J connectivity index is 2.58. The molecule has 0 saturated carbocycles. The van der Waals surface area contributed by atoms with E-state index in [1.807, 2.05) is 18.7 Å². The van der Waals surface area contributed by atoms with Crippen LogP contribution < -0.4 is 0 Å². The third-order valence-electron chi connectivity index (χ3n) is 1.80. The van der Waals surface area contributed by atoms with Gasteiger partial charge in [-0.3, -0.25) is 4.90 Å². The van der Waals surface area contributed by atoms with Crippen molar-refractivity contribution in [1.82, 2.24) is 4.90 Å². The maximum atomic E-state index is 10.7. The summed E-state index contributed by atoms with van der Waals surface area (Å²) in [4.78, 5) is 12.7. The predicted molar refractivity (Wildman–Crippen MR) is 45.7 cm³/mol.